The minimum atomic E-state index is 0.451. The van der Waals surface area contributed by atoms with Gasteiger partial charge in [-0.2, -0.15) is 0 Å². The van der Waals surface area contributed by atoms with Gasteiger partial charge in [-0.3, -0.25) is 0 Å². The summed E-state index contributed by atoms with van der Waals surface area (Å²) in [5, 5.41) is 7.22. The predicted molar refractivity (Wildman–Crippen MR) is 343 cm³/mol. The lowest BCUT2D eigenvalue weighted by molar-refractivity contribution is 1.19. The standard InChI is InChI=1S/C70H54N16/c1-27-13-39-40(14-28(27)2)56-71-55(39)73-59-43-17-31(5)35(9)21-47(43)63(77-59)81-67-51-25-53-54(26-52(51)68(85-67)82-64-48-22-36(10)32(6)18-44(48)60(74-56)78-64)70-84-66-50-24-38(12)34(8)20-46(50)62(80-66)76-58-42-16-30(4)29(3)15-41(42)57(72-58)75-61-45-19-33(7)37(11)23-49(45)65(79-61)83-69(53)86-70/h13-26H,1-12H3,(H2,71,73,74,77,78,81,82,85)(H2,72,75,76,79,80,83,84,86). The highest BCUT2D eigenvalue weighted by Gasteiger charge is 2.30. The van der Waals surface area contributed by atoms with E-state index in [4.69, 9.17) is 59.8 Å². The molecule has 6 aromatic heterocycles. The highest BCUT2D eigenvalue weighted by atomic mass is 15.1. The summed E-state index contributed by atoms with van der Waals surface area (Å²) in [4.78, 5) is 79.4. The van der Waals surface area contributed by atoms with Crippen molar-refractivity contribution in [1.82, 2.24) is 79.7 Å². The van der Waals surface area contributed by atoms with E-state index in [9.17, 15) is 0 Å². The van der Waals surface area contributed by atoms with Crippen molar-refractivity contribution in [3.8, 4) is 91.1 Å². The number of hydrogen-bond acceptors (Lipinski definition) is 12. The summed E-state index contributed by atoms with van der Waals surface area (Å²) in [7, 11) is 0. The quantitative estimate of drug-likeness (QED) is 0.111. The first-order chi connectivity index (χ1) is 41.4. The van der Waals surface area contributed by atoms with Gasteiger partial charge in [-0.05, 0) is 235 Å². The highest BCUT2D eigenvalue weighted by molar-refractivity contribution is 6.10. The van der Waals surface area contributed by atoms with E-state index in [2.05, 4.69) is 188 Å². The second-order valence-electron chi connectivity index (χ2n) is 24.1. The van der Waals surface area contributed by atoms with Crippen LogP contribution in [0.1, 0.15) is 66.8 Å². The molecular weight excluding hydrogens is 1060 g/mol. The molecule has 0 radical (unpaired) electrons. The van der Waals surface area contributed by atoms with E-state index in [-0.39, 0.29) is 0 Å². The number of rotatable bonds is 0. The highest BCUT2D eigenvalue weighted by Crippen LogP contribution is 2.46. The van der Waals surface area contributed by atoms with Gasteiger partial charge in [-0.25, -0.2) is 59.8 Å². The summed E-state index contributed by atoms with van der Waals surface area (Å²) in [6.45, 7) is 25.4. The zero-order chi connectivity index (χ0) is 58.6. The Labute approximate surface area is 491 Å². The number of nitrogens with one attached hydrogen (secondary N) is 4. The molecular formula is C70H54N16. The molecule has 0 spiro atoms. The second kappa shape index (κ2) is 17.4. The Hall–Kier alpha value is -10.7. The van der Waals surface area contributed by atoms with Crippen molar-refractivity contribution in [3.63, 3.8) is 0 Å². The lowest BCUT2D eigenvalue weighted by Gasteiger charge is -2.05. The number of hydrogen-bond donors (Lipinski definition) is 4. The van der Waals surface area contributed by atoms with E-state index in [0.717, 1.165) is 154 Å². The van der Waals surface area contributed by atoms with Gasteiger partial charge >= 0.3 is 0 Å². The average molecular weight is 1120 g/mol. The van der Waals surface area contributed by atoms with Crippen LogP contribution in [-0.4, -0.2) is 79.7 Å². The molecule has 4 aliphatic rings. The lowest BCUT2D eigenvalue weighted by Crippen LogP contribution is -1.88. The molecule has 414 valence electrons. The third-order valence-electron chi connectivity index (χ3n) is 18.5. The zero-order valence-electron chi connectivity index (χ0n) is 49.4. The number of aromatic nitrogens is 16. The number of aromatic amines is 4. The van der Waals surface area contributed by atoms with Crippen LogP contribution in [0.2, 0.25) is 0 Å². The molecule has 7 aromatic carbocycles. The summed E-state index contributed by atoms with van der Waals surface area (Å²) >= 11 is 0. The molecule has 13 aromatic rings. The lowest BCUT2D eigenvalue weighted by atomic mass is 9.99. The second-order valence-corrected chi connectivity index (χ2v) is 24.1. The first-order valence-corrected chi connectivity index (χ1v) is 28.9. The molecule has 4 aliphatic heterocycles. The molecule has 0 saturated carbocycles. The van der Waals surface area contributed by atoms with Crippen molar-refractivity contribution >= 4 is 88.3 Å². The van der Waals surface area contributed by atoms with Crippen molar-refractivity contribution in [2.45, 2.75) is 83.1 Å². The van der Waals surface area contributed by atoms with Crippen molar-refractivity contribution in [2.75, 3.05) is 0 Å². The van der Waals surface area contributed by atoms with Gasteiger partial charge in [0.2, 0.25) is 0 Å². The van der Waals surface area contributed by atoms with Crippen LogP contribution in [0, 0.1) is 83.1 Å². The van der Waals surface area contributed by atoms with Crippen molar-refractivity contribution in [2.24, 2.45) is 0 Å². The molecule has 17 rings (SSSR count). The van der Waals surface area contributed by atoms with Gasteiger partial charge in [-0.1, -0.05) is 0 Å². The molecule has 16 nitrogen and oxygen atoms in total. The van der Waals surface area contributed by atoms with E-state index in [0.29, 0.717) is 91.8 Å². The molecule has 86 heavy (non-hydrogen) atoms. The number of benzene rings is 7. The maximum atomic E-state index is 5.51. The van der Waals surface area contributed by atoms with Crippen molar-refractivity contribution in [1.29, 1.82) is 0 Å². The van der Waals surface area contributed by atoms with Gasteiger partial charge in [-0.15, -0.1) is 0 Å². The van der Waals surface area contributed by atoms with Crippen LogP contribution in [0.15, 0.2) is 84.9 Å². The van der Waals surface area contributed by atoms with E-state index in [1.54, 1.807) is 0 Å². The monoisotopic (exact) mass is 1120 g/mol. The van der Waals surface area contributed by atoms with Crippen LogP contribution in [0.25, 0.3) is 179 Å². The van der Waals surface area contributed by atoms with Gasteiger partial charge in [0, 0.05) is 87.6 Å². The van der Waals surface area contributed by atoms with Crippen LogP contribution >= 0.6 is 0 Å². The third-order valence-corrected chi connectivity index (χ3v) is 18.5. The molecule has 10 heterocycles. The molecule has 16 bridgehead atoms. The van der Waals surface area contributed by atoms with Crippen LogP contribution in [-0.2, 0) is 0 Å². The first kappa shape index (κ1) is 49.8. The normalized spacial score (nSPS) is 12.4. The van der Waals surface area contributed by atoms with Crippen LogP contribution < -0.4 is 0 Å². The minimum absolute atomic E-state index is 0.451. The van der Waals surface area contributed by atoms with Gasteiger partial charge in [0.25, 0.3) is 0 Å². The molecule has 16 heteroatoms. The average Bonchev–Trinajstić information content (AvgIpc) is 1.73. The first-order valence-electron chi connectivity index (χ1n) is 28.9. The topological polar surface area (TPSA) is 218 Å². The summed E-state index contributed by atoms with van der Waals surface area (Å²) in [6, 6.07) is 30.2. The summed E-state index contributed by atoms with van der Waals surface area (Å²) in [5.41, 5.74) is 25.0. The Kier molecular flexibility index (Phi) is 10.1. The maximum Gasteiger partial charge on any atom is 0.164 e. The molecule has 0 fully saturated rings. The zero-order valence-corrected chi connectivity index (χ0v) is 49.4. The fourth-order valence-corrected chi connectivity index (χ4v) is 12.6. The van der Waals surface area contributed by atoms with Gasteiger partial charge in [0.1, 0.15) is 45.2 Å². The van der Waals surface area contributed by atoms with Crippen LogP contribution in [0.4, 0.5) is 0 Å². The molecule has 0 unspecified atom stereocenters. The Morgan fingerprint density at radius 2 is 0.291 bits per heavy atom. The Morgan fingerprint density at radius 3 is 0.442 bits per heavy atom. The fourth-order valence-electron chi connectivity index (χ4n) is 12.6. The minimum Gasteiger partial charge on any atom is -0.324 e. The fraction of sp³-hybridized carbons (Fsp3) is 0.171. The Morgan fingerprint density at radius 1 is 0.163 bits per heavy atom. The van der Waals surface area contributed by atoms with E-state index >= 15 is 0 Å². The summed E-state index contributed by atoms with van der Waals surface area (Å²) in [6.07, 6.45) is 0. The Bertz CT molecular complexity index is 5060. The molecule has 0 aliphatic carbocycles. The molecule has 0 saturated heterocycles. The SMILES string of the molecule is Cc1cc2c(cc1C)-c1nc-2nc2[nH]c(nc3nc(nc4[nH]c(n1)c1cc(C)c(C)cc41)-c1cc4c(cc1-3)-c1nc-4nc3[nH]c(nc4nc(nc5[nH]c(n1)c1cc(C)c(C)cc51)-c1cc(C)c(C)cc1-4)c1cc(C)c(C)cc31)c1cc(C)c(C)cc21. The largest absolute Gasteiger partial charge is 0.324 e. The molecule has 0 amide bonds. The van der Waals surface area contributed by atoms with Gasteiger partial charge < -0.3 is 19.9 Å². The molecule has 4 N–H and O–H groups in total. The van der Waals surface area contributed by atoms with Crippen molar-refractivity contribution in [3.05, 3.63) is 152 Å². The number of H-pyrrole nitrogens is 4. The van der Waals surface area contributed by atoms with E-state index in [1.165, 1.54) is 0 Å². The van der Waals surface area contributed by atoms with E-state index < -0.39 is 0 Å². The van der Waals surface area contributed by atoms with Gasteiger partial charge in [0.15, 0.2) is 46.6 Å². The van der Waals surface area contributed by atoms with Gasteiger partial charge in [0.05, 0.1) is 0 Å². The molecule has 0 atom stereocenters. The number of fused-ring (bicyclic) bond motifs is 40. The third kappa shape index (κ3) is 7.28. The number of nitrogens with zero attached hydrogens (tertiary/aromatic N) is 12. The summed E-state index contributed by atoms with van der Waals surface area (Å²) < 4.78 is 0. The van der Waals surface area contributed by atoms with Crippen LogP contribution in [0.3, 0.4) is 0 Å². The predicted octanol–water partition coefficient (Wildman–Crippen LogP) is 15.8. The van der Waals surface area contributed by atoms with E-state index in [1.807, 2.05) is 0 Å². The smallest absolute Gasteiger partial charge is 0.164 e. The maximum absolute atomic E-state index is 5.51. The summed E-state index contributed by atoms with van der Waals surface area (Å²) in [5.74, 6) is 4.04. The Balaban J connectivity index is 1.01. The van der Waals surface area contributed by atoms with Crippen LogP contribution in [0.5, 0.6) is 0 Å². The van der Waals surface area contributed by atoms with Crippen molar-refractivity contribution < 1.29 is 0 Å². The number of aryl methyl sites for hydroxylation is 12.